The van der Waals surface area contributed by atoms with Crippen LogP contribution in [0, 0.1) is 6.92 Å². The van der Waals surface area contributed by atoms with Crippen molar-refractivity contribution in [3.05, 3.63) is 65.7 Å². The smallest absolute Gasteiger partial charge is 0.238 e. The number of hydrogen-bond acceptors (Lipinski definition) is 3. The number of benzene rings is 2. The van der Waals surface area contributed by atoms with Crippen LogP contribution in [-0.4, -0.2) is 14.7 Å². The monoisotopic (exact) mass is 277 g/mol. The molecule has 0 atom stereocenters. The summed E-state index contributed by atoms with van der Waals surface area (Å²) in [5.74, 6) is 0. The van der Waals surface area contributed by atoms with Crippen molar-refractivity contribution < 1.29 is 13.2 Å². The van der Waals surface area contributed by atoms with Gasteiger partial charge in [0.1, 0.15) is 6.29 Å². The molecule has 0 amide bonds. The maximum Gasteiger partial charge on any atom is 0.238 e. The highest BCUT2D eigenvalue weighted by atomic mass is 32.2. The van der Waals surface area contributed by atoms with Crippen molar-refractivity contribution in [2.75, 3.05) is 0 Å². The normalized spacial score (nSPS) is 10.2. The Kier molecular flexibility index (Phi) is 5.41. The molecule has 5 heteroatoms. The Labute approximate surface area is 112 Å². The highest BCUT2D eigenvalue weighted by molar-refractivity contribution is 7.89. The second kappa shape index (κ2) is 6.82. The van der Waals surface area contributed by atoms with Gasteiger partial charge in [0.05, 0.1) is 4.90 Å². The summed E-state index contributed by atoms with van der Waals surface area (Å²) in [7, 11) is -3.53. The molecular weight excluding hydrogens is 262 g/mol. The molecule has 0 heterocycles. The van der Waals surface area contributed by atoms with Gasteiger partial charge in [-0.15, -0.1) is 0 Å². The third kappa shape index (κ3) is 5.03. The van der Waals surface area contributed by atoms with Crippen LogP contribution in [0.3, 0.4) is 0 Å². The van der Waals surface area contributed by atoms with Crippen LogP contribution in [0.5, 0.6) is 0 Å². The van der Waals surface area contributed by atoms with Crippen LogP contribution in [0.1, 0.15) is 15.9 Å². The first kappa shape index (κ1) is 15.1. The molecule has 2 aromatic carbocycles. The zero-order valence-electron chi connectivity index (χ0n) is 10.5. The first-order valence-corrected chi connectivity index (χ1v) is 7.08. The van der Waals surface area contributed by atoms with Gasteiger partial charge >= 0.3 is 0 Å². The lowest BCUT2D eigenvalue weighted by molar-refractivity contribution is 0.112. The Morgan fingerprint density at radius 2 is 1.47 bits per heavy atom. The minimum absolute atomic E-state index is 0.194. The average molecular weight is 277 g/mol. The van der Waals surface area contributed by atoms with Crippen LogP contribution in [0.2, 0.25) is 0 Å². The van der Waals surface area contributed by atoms with Gasteiger partial charge in [-0.2, -0.15) is 0 Å². The molecule has 2 rings (SSSR count). The Morgan fingerprint density at radius 1 is 0.947 bits per heavy atom. The molecular formula is C14H15NO3S. The topological polar surface area (TPSA) is 77.2 Å². The van der Waals surface area contributed by atoms with E-state index in [-0.39, 0.29) is 4.90 Å². The quantitative estimate of drug-likeness (QED) is 0.854. The van der Waals surface area contributed by atoms with Gasteiger partial charge in [0.2, 0.25) is 10.0 Å². The second-order valence-corrected chi connectivity index (χ2v) is 5.37. The van der Waals surface area contributed by atoms with Crippen molar-refractivity contribution >= 4 is 16.3 Å². The van der Waals surface area contributed by atoms with Gasteiger partial charge in [0.15, 0.2) is 0 Å². The molecule has 100 valence electrons. The van der Waals surface area contributed by atoms with Crippen LogP contribution in [0.15, 0.2) is 59.5 Å². The molecule has 0 radical (unpaired) electrons. The molecule has 0 aliphatic rings. The predicted molar refractivity (Wildman–Crippen MR) is 74.4 cm³/mol. The van der Waals surface area contributed by atoms with Crippen molar-refractivity contribution in [2.45, 2.75) is 11.8 Å². The lowest BCUT2D eigenvalue weighted by Crippen LogP contribution is -2.13. The first-order chi connectivity index (χ1) is 8.95. The van der Waals surface area contributed by atoms with E-state index in [0.717, 1.165) is 11.8 Å². The summed E-state index contributed by atoms with van der Waals surface area (Å²) in [6.07, 6.45) is 0.833. The molecule has 0 saturated carbocycles. The average Bonchev–Trinajstić information content (AvgIpc) is 2.39. The van der Waals surface area contributed by atoms with Crippen molar-refractivity contribution in [3.63, 3.8) is 0 Å². The molecule has 0 aliphatic carbocycles. The van der Waals surface area contributed by atoms with Crippen molar-refractivity contribution in [2.24, 2.45) is 5.14 Å². The first-order valence-electron chi connectivity index (χ1n) is 5.54. The van der Waals surface area contributed by atoms with Gasteiger partial charge in [0, 0.05) is 5.56 Å². The Morgan fingerprint density at radius 3 is 1.84 bits per heavy atom. The number of aryl methyl sites for hydroxylation is 1. The Bertz CT molecular complexity index is 637. The van der Waals surface area contributed by atoms with Gasteiger partial charge in [-0.1, -0.05) is 48.5 Å². The van der Waals surface area contributed by atoms with Crippen molar-refractivity contribution in [1.29, 1.82) is 0 Å². The molecule has 0 bridgehead atoms. The van der Waals surface area contributed by atoms with Crippen LogP contribution >= 0.6 is 0 Å². The molecule has 0 aromatic heterocycles. The van der Waals surface area contributed by atoms with Gasteiger partial charge < -0.3 is 0 Å². The van der Waals surface area contributed by atoms with E-state index in [1.165, 1.54) is 6.07 Å². The van der Waals surface area contributed by atoms with E-state index in [0.29, 0.717) is 5.56 Å². The van der Waals surface area contributed by atoms with E-state index in [9.17, 15) is 13.2 Å². The van der Waals surface area contributed by atoms with E-state index in [2.05, 4.69) is 0 Å². The van der Waals surface area contributed by atoms with E-state index in [4.69, 9.17) is 5.14 Å². The van der Waals surface area contributed by atoms with Crippen LogP contribution in [-0.2, 0) is 10.0 Å². The van der Waals surface area contributed by atoms with E-state index in [1.54, 1.807) is 37.3 Å². The fourth-order valence-corrected chi connectivity index (χ4v) is 2.19. The summed E-state index contributed by atoms with van der Waals surface area (Å²) in [6, 6.07) is 15.7. The highest BCUT2D eigenvalue weighted by Gasteiger charge is 2.08. The number of aldehydes is 1. The summed E-state index contributed by atoms with van der Waals surface area (Å²) in [4.78, 5) is 10.2. The molecule has 0 unspecified atom stereocenters. The van der Waals surface area contributed by atoms with Crippen LogP contribution in [0.25, 0.3) is 0 Å². The fraction of sp³-hybridized carbons (Fsp3) is 0.0714. The predicted octanol–water partition coefficient (Wildman–Crippen LogP) is 2.14. The number of primary sulfonamides is 1. The largest absolute Gasteiger partial charge is 0.298 e. The molecule has 2 N–H and O–H groups in total. The number of nitrogens with two attached hydrogens (primary N) is 1. The number of carbonyl (C=O) groups excluding carboxylic acids is 1. The lowest BCUT2D eigenvalue weighted by Gasteiger charge is -2.00. The highest BCUT2D eigenvalue weighted by Crippen LogP contribution is 2.10. The second-order valence-electron chi connectivity index (χ2n) is 3.84. The molecule has 0 spiro atoms. The van der Waals surface area contributed by atoms with Gasteiger partial charge in [-0.25, -0.2) is 13.6 Å². The zero-order chi connectivity index (χ0) is 14.3. The van der Waals surface area contributed by atoms with Crippen LogP contribution in [0.4, 0.5) is 0 Å². The third-order valence-electron chi connectivity index (χ3n) is 2.34. The number of sulfonamides is 1. The van der Waals surface area contributed by atoms with Gasteiger partial charge in [-0.05, 0) is 18.6 Å². The maximum atomic E-state index is 10.8. The fourth-order valence-electron chi connectivity index (χ4n) is 1.41. The molecule has 2 aromatic rings. The summed E-state index contributed by atoms with van der Waals surface area (Å²) < 4.78 is 21.7. The SMILES string of the molecule is Cc1ccccc1S(N)(=O)=O.O=Cc1ccccc1. The summed E-state index contributed by atoms with van der Waals surface area (Å²) >= 11 is 0. The van der Waals surface area contributed by atoms with E-state index < -0.39 is 10.0 Å². The van der Waals surface area contributed by atoms with Crippen molar-refractivity contribution in [3.8, 4) is 0 Å². The number of rotatable bonds is 2. The van der Waals surface area contributed by atoms with Gasteiger partial charge in [0.25, 0.3) is 0 Å². The Hall–Kier alpha value is -1.98. The molecule has 4 nitrogen and oxygen atoms in total. The summed E-state index contributed by atoms with van der Waals surface area (Å²) in [6.45, 7) is 1.71. The van der Waals surface area contributed by atoms with E-state index >= 15 is 0 Å². The minimum Gasteiger partial charge on any atom is -0.298 e. The van der Waals surface area contributed by atoms with Crippen LogP contribution < -0.4 is 5.14 Å². The zero-order valence-corrected chi connectivity index (χ0v) is 11.3. The maximum absolute atomic E-state index is 10.8. The third-order valence-corrected chi connectivity index (χ3v) is 3.41. The van der Waals surface area contributed by atoms with Gasteiger partial charge in [-0.3, -0.25) is 4.79 Å². The minimum atomic E-state index is -3.53. The number of carbonyl (C=O) groups is 1. The standard InChI is InChI=1S/C7H9NO2S.C7H6O/c1-6-4-2-3-5-7(6)11(8,9)10;8-6-7-4-2-1-3-5-7/h2-5H,1H3,(H2,8,9,10);1-6H. The molecule has 19 heavy (non-hydrogen) atoms. The number of hydrogen-bond donors (Lipinski definition) is 1. The molecule has 0 fully saturated rings. The Balaban J connectivity index is 0.000000200. The van der Waals surface area contributed by atoms with Crippen molar-refractivity contribution in [1.82, 2.24) is 0 Å². The molecule has 0 aliphatic heterocycles. The summed E-state index contributed by atoms with van der Waals surface area (Å²) in [5, 5.41) is 4.93. The summed E-state index contributed by atoms with van der Waals surface area (Å²) in [5.41, 5.74) is 1.41. The van der Waals surface area contributed by atoms with E-state index in [1.807, 2.05) is 18.2 Å². The lowest BCUT2D eigenvalue weighted by atomic mass is 10.2. The molecule has 0 saturated heterocycles.